The molecule has 204 valence electrons. The molecule has 0 N–H and O–H groups in total. The number of nitrogens with zero attached hydrogens (tertiary/aromatic N) is 3. The fourth-order valence-corrected chi connectivity index (χ4v) is 5.54. The average Bonchev–Trinajstić information content (AvgIpc) is 3.49. The molecule has 12 heteroatoms. The van der Waals surface area contributed by atoms with Gasteiger partial charge in [-0.05, 0) is 36.4 Å². The lowest BCUT2D eigenvalue weighted by atomic mass is 10.0. The van der Waals surface area contributed by atoms with Crippen molar-refractivity contribution in [3.05, 3.63) is 152 Å². The van der Waals surface area contributed by atoms with Gasteiger partial charge in [-0.2, -0.15) is 0 Å². The quantitative estimate of drug-likeness (QED) is 0.324. The van der Waals surface area contributed by atoms with E-state index in [2.05, 4.69) is 0 Å². The van der Waals surface area contributed by atoms with Gasteiger partial charge in [0.25, 0.3) is 33.4 Å². The Hall–Kier alpha value is -5.91. The van der Waals surface area contributed by atoms with Crippen molar-refractivity contribution in [2.75, 3.05) is 0 Å². The van der Waals surface area contributed by atoms with Gasteiger partial charge in [0.1, 0.15) is 17.5 Å². The highest BCUT2D eigenvalue weighted by Crippen LogP contribution is 2.28. The molecule has 0 atom stereocenters. The van der Waals surface area contributed by atoms with Crippen molar-refractivity contribution < 1.29 is 13.2 Å². The Labute approximate surface area is 228 Å². The van der Waals surface area contributed by atoms with Crippen LogP contribution >= 0.6 is 0 Å². The summed E-state index contributed by atoms with van der Waals surface area (Å²) in [6, 6.07) is 14.1. The Bertz CT molecular complexity index is 2220. The number of fused-ring (bicyclic) bond motifs is 6. The smallest absolute Gasteiger partial charge is 0.267 e. The van der Waals surface area contributed by atoms with Crippen molar-refractivity contribution in [3.8, 4) is 17.1 Å². The molecule has 3 heterocycles. The van der Waals surface area contributed by atoms with Crippen molar-refractivity contribution in [3.63, 3.8) is 0 Å². The minimum absolute atomic E-state index is 0.383. The van der Waals surface area contributed by atoms with Gasteiger partial charge < -0.3 is 0 Å². The summed E-state index contributed by atoms with van der Waals surface area (Å²) in [5.74, 6) is -2.98. The van der Waals surface area contributed by atoms with Crippen LogP contribution in [0, 0.1) is 17.5 Å². The van der Waals surface area contributed by atoms with E-state index < -0.39 is 100 Å². The second-order valence-electron chi connectivity index (χ2n) is 9.44. The first-order valence-corrected chi connectivity index (χ1v) is 12.3. The zero-order chi connectivity index (χ0) is 29.6. The highest BCUT2D eigenvalue weighted by atomic mass is 19.1. The third-order valence-corrected chi connectivity index (χ3v) is 7.28. The molecule has 0 amide bonds. The molecule has 0 aliphatic rings. The molecule has 0 unspecified atom stereocenters. The molecule has 0 radical (unpaired) electrons. The standard InChI is InChI=1S/C30H12F3N3O6/c31-13-7-1-4-10-16(13)34-25(37)19-20(26(34)38)22-24(30(42)36(28(22)40)18-12-6-3-9-15(18)33)23-21(19)27(39)35(29(23)41)17-11-5-2-8-14(17)32/h1-12H. The molecule has 0 fully saturated rings. The number of halogens is 3. The Balaban J connectivity index is 1.84. The first-order valence-electron chi connectivity index (χ1n) is 12.3. The van der Waals surface area contributed by atoms with Crippen LogP contribution in [0.4, 0.5) is 13.2 Å². The van der Waals surface area contributed by atoms with Gasteiger partial charge in [0.15, 0.2) is 0 Å². The van der Waals surface area contributed by atoms with Crippen molar-refractivity contribution in [2.45, 2.75) is 0 Å². The van der Waals surface area contributed by atoms with E-state index in [9.17, 15) is 41.9 Å². The van der Waals surface area contributed by atoms with Gasteiger partial charge >= 0.3 is 0 Å². The van der Waals surface area contributed by atoms with Crippen LogP contribution in [-0.2, 0) is 0 Å². The Kier molecular flexibility index (Phi) is 5.10. The molecule has 0 saturated carbocycles. The first-order chi connectivity index (χ1) is 20.1. The van der Waals surface area contributed by atoms with Gasteiger partial charge in [-0.1, -0.05) is 36.4 Å². The van der Waals surface area contributed by atoms with E-state index in [4.69, 9.17) is 0 Å². The normalized spacial score (nSPS) is 11.8. The van der Waals surface area contributed by atoms with Crippen molar-refractivity contribution in [2.24, 2.45) is 0 Å². The van der Waals surface area contributed by atoms with Crippen LogP contribution in [0.2, 0.25) is 0 Å². The minimum Gasteiger partial charge on any atom is -0.268 e. The van der Waals surface area contributed by atoms with Gasteiger partial charge in [0, 0.05) is 0 Å². The predicted octanol–water partition coefficient (Wildman–Crippen LogP) is 2.41. The third-order valence-electron chi connectivity index (χ3n) is 7.28. The Morgan fingerprint density at radius 1 is 0.333 bits per heavy atom. The van der Waals surface area contributed by atoms with E-state index in [-0.39, 0.29) is 0 Å². The molecule has 9 nitrogen and oxygen atoms in total. The zero-order valence-electron chi connectivity index (χ0n) is 20.9. The summed E-state index contributed by atoms with van der Waals surface area (Å²) < 4.78 is 45.6. The van der Waals surface area contributed by atoms with Crippen LogP contribution in [0.25, 0.3) is 49.4 Å². The molecular weight excluding hydrogens is 555 g/mol. The van der Waals surface area contributed by atoms with Crippen molar-refractivity contribution in [1.29, 1.82) is 0 Å². The fourth-order valence-electron chi connectivity index (χ4n) is 5.54. The number of hydrogen-bond donors (Lipinski definition) is 0. The lowest BCUT2D eigenvalue weighted by molar-refractivity contribution is 0.615. The van der Waals surface area contributed by atoms with E-state index >= 15 is 0 Å². The second kappa shape index (κ2) is 8.54. The highest BCUT2D eigenvalue weighted by Gasteiger charge is 2.32. The number of aromatic nitrogens is 3. The third kappa shape index (κ3) is 3.02. The van der Waals surface area contributed by atoms with Crippen LogP contribution < -0.4 is 33.4 Å². The number of hydrogen-bond acceptors (Lipinski definition) is 6. The summed E-state index contributed by atoms with van der Waals surface area (Å²) in [7, 11) is 0. The van der Waals surface area contributed by atoms with Crippen LogP contribution in [0.3, 0.4) is 0 Å². The largest absolute Gasteiger partial charge is 0.268 e. The molecule has 3 aromatic heterocycles. The van der Waals surface area contributed by atoms with Crippen LogP contribution in [0.5, 0.6) is 0 Å². The monoisotopic (exact) mass is 567 g/mol. The molecule has 4 aromatic carbocycles. The topological polar surface area (TPSA) is 117 Å². The fraction of sp³-hybridized carbons (Fsp3) is 0. The second-order valence-corrected chi connectivity index (χ2v) is 9.44. The molecule has 42 heavy (non-hydrogen) atoms. The van der Waals surface area contributed by atoms with E-state index in [0.717, 1.165) is 36.4 Å². The van der Waals surface area contributed by atoms with Crippen LogP contribution in [0.1, 0.15) is 0 Å². The summed E-state index contributed by atoms with van der Waals surface area (Å²) in [6.45, 7) is 0. The van der Waals surface area contributed by atoms with E-state index in [1.54, 1.807) is 0 Å². The highest BCUT2D eigenvalue weighted by molar-refractivity contribution is 6.25. The van der Waals surface area contributed by atoms with Gasteiger partial charge in [0.05, 0.1) is 49.4 Å². The summed E-state index contributed by atoms with van der Waals surface area (Å²) in [4.78, 5) is 82.7. The van der Waals surface area contributed by atoms with Crippen LogP contribution in [-0.4, -0.2) is 13.7 Å². The van der Waals surface area contributed by atoms with E-state index in [1.165, 1.54) is 36.4 Å². The molecule has 7 aromatic rings. The number of benzene rings is 4. The van der Waals surface area contributed by atoms with E-state index in [0.29, 0.717) is 13.7 Å². The molecule has 0 spiro atoms. The van der Waals surface area contributed by atoms with Crippen LogP contribution in [0.15, 0.2) is 102 Å². The lowest BCUT2D eigenvalue weighted by Crippen LogP contribution is -2.25. The van der Waals surface area contributed by atoms with E-state index in [1.807, 2.05) is 0 Å². The zero-order valence-corrected chi connectivity index (χ0v) is 20.9. The Morgan fingerprint density at radius 3 is 0.714 bits per heavy atom. The molecule has 0 aliphatic carbocycles. The van der Waals surface area contributed by atoms with Gasteiger partial charge in [-0.3, -0.25) is 28.8 Å². The molecular formula is C30H12F3N3O6. The number of para-hydroxylation sites is 3. The maximum absolute atomic E-state index is 14.8. The predicted molar refractivity (Wildman–Crippen MR) is 148 cm³/mol. The maximum atomic E-state index is 14.8. The summed E-state index contributed by atoms with van der Waals surface area (Å²) in [6.07, 6.45) is 0. The SMILES string of the molecule is O=c1c2c3c(=O)n(-c4ccccc4F)c(=O)c3c3c(=O)n(-c4ccccc4F)c(=O)c3c2c(=O)n1-c1ccccc1F. The summed E-state index contributed by atoms with van der Waals surface area (Å²) >= 11 is 0. The maximum Gasteiger partial charge on any atom is 0.267 e. The van der Waals surface area contributed by atoms with Gasteiger partial charge in [-0.25, -0.2) is 26.9 Å². The first kappa shape index (κ1) is 25.1. The molecule has 7 rings (SSSR count). The van der Waals surface area contributed by atoms with Crippen molar-refractivity contribution in [1.82, 2.24) is 13.7 Å². The molecule has 0 saturated heterocycles. The number of rotatable bonds is 3. The summed E-state index contributed by atoms with van der Waals surface area (Å²) in [5.41, 5.74) is -9.05. The minimum atomic E-state index is -1.25. The van der Waals surface area contributed by atoms with Crippen molar-refractivity contribution >= 4 is 32.3 Å². The molecule has 0 bridgehead atoms. The van der Waals surface area contributed by atoms with Gasteiger partial charge in [-0.15, -0.1) is 0 Å². The lowest BCUT2D eigenvalue weighted by Gasteiger charge is -2.01. The average molecular weight is 567 g/mol. The Morgan fingerprint density at radius 2 is 0.524 bits per heavy atom. The summed E-state index contributed by atoms with van der Waals surface area (Å²) in [5, 5.41) is -4.38. The molecule has 0 aliphatic heterocycles. The van der Waals surface area contributed by atoms with Gasteiger partial charge in [0.2, 0.25) is 0 Å².